The molecule has 1 aliphatic carbocycles. The third kappa shape index (κ3) is 6.59. The topological polar surface area (TPSA) is 15.3 Å². The van der Waals surface area contributed by atoms with Crippen molar-refractivity contribution >= 4 is 0 Å². The van der Waals surface area contributed by atoms with Gasteiger partial charge in [-0.05, 0) is 52.1 Å². The van der Waals surface area contributed by atoms with E-state index in [4.69, 9.17) is 0 Å². The third-order valence-electron chi connectivity index (χ3n) is 3.35. The average Bonchev–Trinajstić information content (AvgIpc) is 3.08. The summed E-state index contributed by atoms with van der Waals surface area (Å²) in [4.78, 5) is 1.64. The summed E-state index contributed by atoms with van der Waals surface area (Å²) < 4.78 is 37.5. The van der Waals surface area contributed by atoms with E-state index in [1.54, 1.807) is 4.90 Å². The fourth-order valence-electron chi connectivity index (χ4n) is 2.25. The van der Waals surface area contributed by atoms with E-state index < -0.39 is 12.7 Å². The first-order valence-electron chi connectivity index (χ1n) is 6.97. The molecule has 0 aromatic heterocycles. The van der Waals surface area contributed by atoms with Crippen LogP contribution in [0.2, 0.25) is 0 Å². The monoisotopic (exact) mass is 266 g/mol. The van der Waals surface area contributed by atoms with Gasteiger partial charge >= 0.3 is 6.18 Å². The van der Waals surface area contributed by atoms with Crippen LogP contribution in [0.4, 0.5) is 13.2 Å². The van der Waals surface area contributed by atoms with E-state index in [-0.39, 0.29) is 12.1 Å². The highest BCUT2D eigenvalue weighted by Crippen LogP contribution is 2.32. The standard InChI is InChI=1S/C13H25F3N2/c1-3-8-17-9-4-5-11(2)18(12-6-7-12)10-13(14,15)16/h11-12,17H,3-10H2,1-2H3. The van der Waals surface area contributed by atoms with Crippen molar-refractivity contribution in [3.63, 3.8) is 0 Å². The van der Waals surface area contributed by atoms with E-state index in [1.807, 2.05) is 6.92 Å². The zero-order chi connectivity index (χ0) is 13.6. The van der Waals surface area contributed by atoms with Crippen molar-refractivity contribution in [1.29, 1.82) is 0 Å². The van der Waals surface area contributed by atoms with Gasteiger partial charge < -0.3 is 5.32 Å². The Hall–Kier alpha value is -0.290. The average molecular weight is 266 g/mol. The lowest BCUT2D eigenvalue weighted by atomic mass is 10.1. The van der Waals surface area contributed by atoms with E-state index in [0.29, 0.717) is 0 Å². The molecule has 0 aliphatic heterocycles. The molecule has 1 unspecified atom stereocenters. The van der Waals surface area contributed by atoms with Gasteiger partial charge in [0.25, 0.3) is 0 Å². The van der Waals surface area contributed by atoms with Crippen LogP contribution in [0.1, 0.15) is 46.0 Å². The van der Waals surface area contributed by atoms with Crippen LogP contribution in [0.15, 0.2) is 0 Å². The zero-order valence-corrected chi connectivity index (χ0v) is 11.4. The molecular formula is C13H25F3N2. The van der Waals surface area contributed by atoms with Crippen molar-refractivity contribution in [2.75, 3.05) is 19.6 Å². The summed E-state index contributed by atoms with van der Waals surface area (Å²) in [5, 5.41) is 3.28. The Morgan fingerprint density at radius 3 is 2.44 bits per heavy atom. The van der Waals surface area contributed by atoms with Crippen LogP contribution in [0.25, 0.3) is 0 Å². The van der Waals surface area contributed by atoms with Crippen LogP contribution < -0.4 is 5.32 Å². The lowest BCUT2D eigenvalue weighted by Crippen LogP contribution is -2.42. The van der Waals surface area contributed by atoms with Gasteiger partial charge in [0.15, 0.2) is 0 Å². The lowest BCUT2D eigenvalue weighted by molar-refractivity contribution is -0.152. The summed E-state index contributed by atoms with van der Waals surface area (Å²) in [7, 11) is 0. The number of rotatable bonds is 9. The molecule has 0 radical (unpaired) electrons. The van der Waals surface area contributed by atoms with Crippen molar-refractivity contribution in [1.82, 2.24) is 10.2 Å². The van der Waals surface area contributed by atoms with Gasteiger partial charge in [-0.2, -0.15) is 13.2 Å². The maximum Gasteiger partial charge on any atom is 0.401 e. The van der Waals surface area contributed by atoms with E-state index >= 15 is 0 Å². The molecular weight excluding hydrogens is 241 g/mol. The highest BCUT2D eigenvalue weighted by molar-refractivity contribution is 4.88. The Kier molecular flexibility index (Phi) is 6.43. The van der Waals surface area contributed by atoms with E-state index in [2.05, 4.69) is 12.2 Å². The van der Waals surface area contributed by atoms with Gasteiger partial charge in [-0.15, -0.1) is 0 Å². The quantitative estimate of drug-likeness (QED) is 0.645. The van der Waals surface area contributed by atoms with Crippen LogP contribution in [-0.4, -0.2) is 42.8 Å². The van der Waals surface area contributed by atoms with Crippen molar-refractivity contribution in [3.05, 3.63) is 0 Å². The first kappa shape index (κ1) is 15.8. The second-order valence-corrected chi connectivity index (χ2v) is 5.26. The number of alkyl halides is 3. The molecule has 1 N–H and O–H groups in total. The van der Waals surface area contributed by atoms with Crippen LogP contribution in [0, 0.1) is 0 Å². The molecule has 0 aromatic carbocycles. The molecule has 1 fully saturated rings. The number of hydrogen-bond acceptors (Lipinski definition) is 2. The SMILES string of the molecule is CCCNCCCC(C)N(CC(F)(F)F)C1CC1. The minimum absolute atomic E-state index is 0.0301. The van der Waals surface area contributed by atoms with Crippen molar-refractivity contribution < 1.29 is 13.2 Å². The van der Waals surface area contributed by atoms with E-state index in [0.717, 1.165) is 45.2 Å². The summed E-state index contributed by atoms with van der Waals surface area (Å²) in [6.07, 6.45) is 0.656. The summed E-state index contributed by atoms with van der Waals surface area (Å²) in [5.41, 5.74) is 0. The van der Waals surface area contributed by atoms with Crippen molar-refractivity contribution in [2.24, 2.45) is 0 Å². The predicted octanol–water partition coefficient (Wildman–Crippen LogP) is 3.18. The molecule has 1 saturated carbocycles. The number of halogens is 3. The lowest BCUT2D eigenvalue weighted by Gasteiger charge is -2.30. The molecule has 108 valence electrons. The van der Waals surface area contributed by atoms with Gasteiger partial charge in [0, 0.05) is 12.1 Å². The Morgan fingerprint density at radius 1 is 1.28 bits per heavy atom. The van der Waals surface area contributed by atoms with Crippen molar-refractivity contribution in [2.45, 2.75) is 64.2 Å². The molecule has 0 amide bonds. The smallest absolute Gasteiger partial charge is 0.317 e. The Morgan fingerprint density at radius 2 is 1.94 bits per heavy atom. The molecule has 1 aliphatic rings. The Bertz CT molecular complexity index is 227. The predicted molar refractivity (Wildman–Crippen MR) is 67.6 cm³/mol. The molecule has 18 heavy (non-hydrogen) atoms. The van der Waals surface area contributed by atoms with Crippen LogP contribution in [0.3, 0.4) is 0 Å². The molecule has 2 nitrogen and oxygen atoms in total. The van der Waals surface area contributed by atoms with Gasteiger partial charge in [-0.3, -0.25) is 4.90 Å². The van der Waals surface area contributed by atoms with Crippen LogP contribution in [0.5, 0.6) is 0 Å². The van der Waals surface area contributed by atoms with Gasteiger partial charge in [-0.1, -0.05) is 6.92 Å². The first-order chi connectivity index (χ1) is 8.44. The second kappa shape index (κ2) is 7.34. The largest absolute Gasteiger partial charge is 0.401 e. The van der Waals surface area contributed by atoms with Crippen molar-refractivity contribution in [3.8, 4) is 0 Å². The minimum Gasteiger partial charge on any atom is -0.317 e. The molecule has 1 rings (SSSR count). The first-order valence-corrected chi connectivity index (χ1v) is 6.97. The van der Waals surface area contributed by atoms with Gasteiger partial charge in [0.2, 0.25) is 0 Å². The zero-order valence-electron chi connectivity index (χ0n) is 11.4. The summed E-state index contributed by atoms with van der Waals surface area (Å²) in [6, 6.07) is 0.202. The molecule has 1 atom stereocenters. The molecule has 0 saturated heterocycles. The minimum atomic E-state index is -4.07. The van der Waals surface area contributed by atoms with Gasteiger partial charge in [-0.25, -0.2) is 0 Å². The Labute approximate surface area is 108 Å². The van der Waals surface area contributed by atoms with Gasteiger partial charge in [0.05, 0.1) is 6.54 Å². The molecule has 0 aromatic rings. The van der Waals surface area contributed by atoms with Gasteiger partial charge in [0.1, 0.15) is 0 Å². The fraction of sp³-hybridized carbons (Fsp3) is 1.00. The molecule has 5 heteroatoms. The fourth-order valence-corrected chi connectivity index (χ4v) is 2.25. The third-order valence-corrected chi connectivity index (χ3v) is 3.35. The molecule has 0 bridgehead atoms. The highest BCUT2D eigenvalue weighted by Gasteiger charge is 2.39. The molecule has 0 heterocycles. The number of nitrogens with zero attached hydrogens (tertiary/aromatic N) is 1. The van der Waals surface area contributed by atoms with E-state index in [9.17, 15) is 13.2 Å². The summed E-state index contributed by atoms with van der Waals surface area (Å²) in [5.74, 6) is 0. The van der Waals surface area contributed by atoms with Crippen LogP contribution >= 0.6 is 0 Å². The second-order valence-electron chi connectivity index (χ2n) is 5.26. The number of hydrogen-bond donors (Lipinski definition) is 1. The normalized spacial score (nSPS) is 18.3. The van der Waals surface area contributed by atoms with E-state index in [1.165, 1.54) is 0 Å². The summed E-state index contributed by atoms with van der Waals surface area (Å²) in [6.45, 7) is 5.17. The highest BCUT2D eigenvalue weighted by atomic mass is 19.4. The van der Waals surface area contributed by atoms with Crippen LogP contribution in [-0.2, 0) is 0 Å². The maximum absolute atomic E-state index is 12.5. The number of nitrogens with one attached hydrogen (secondary N) is 1. The summed E-state index contributed by atoms with van der Waals surface area (Å²) >= 11 is 0. The maximum atomic E-state index is 12.5. The molecule has 0 spiro atoms. The Balaban J connectivity index is 2.25.